The largest absolute Gasteiger partial charge is 0.493 e. The summed E-state index contributed by atoms with van der Waals surface area (Å²) in [6.45, 7) is 0. The minimum Gasteiger partial charge on any atom is -0.493 e. The van der Waals surface area contributed by atoms with Crippen LogP contribution in [-0.4, -0.2) is 19.2 Å². The van der Waals surface area contributed by atoms with E-state index in [1.807, 2.05) is 0 Å². The number of ether oxygens (including phenoxy) is 3. The van der Waals surface area contributed by atoms with Crippen molar-refractivity contribution in [1.29, 1.82) is 0 Å². The van der Waals surface area contributed by atoms with Gasteiger partial charge in [0.1, 0.15) is 12.0 Å². The van der Waals surface area contributed by atoms with E-state index in [0.717, 1.165) is 0 Å². The first-order chi connectivity index (χ1) is 7.83. The van der Waals surface area contributed by atoms with E-state index in [0.29, 0.717) is 17.2 Å². The molecule has 2 aromatic rings. The monoisotopic (exact) mass is 221 g/mol. The van der Waals surface area contributed by atoms with Crippen molar-refractivity contribution in [2.45, 2.75) is 0 Å². The molecule has 0 unspecified atom stereocenters. The number of nitrogens with zero attached hydrogens (tertiary/aromatic N) is 1. The number of oxazole rings is 1. The number of rotatable bonds is 4. The first kappa shape index (κ1) is 10.4. The first-order valence-corrected chi connectivity index (χ1v) is 4.63. The van der Waals surface area contributed by atoms with E-state index in [1.165, 1.54) is 12.5 Å². The third-order valence-corrected chi connectivity index (χ3v) is 1.97. The predicted octanol–water partition coefficient (Wildman–Crippen LogP) is 2.48. The van der Waals surface area contributed by atoms with E-state index < -0.39 is 0 Å². The summed E-state index contributed by atoms with van der Waals surface area (Å²) in [5, 5.41) is 0. The van der Waals surface area contributed by atoms with Gasteiger partial charge in [-0.2, -0.15) is 4.98 Å². The van der Waals surface area contributed by atoms with Crippen molar-refractivity contribution >= 4 is 0 Å². The van der Waals surface area contributed by atoms with Crippen molar-refractivity contribution in [3.8, 4) is 23.3 Å². The second-order valence-corrected chi connectivity index (χ2v) is 2.92. The Kier molecular flexibility index (Phi) is 2.95. The van der Waals surface area contributed by atoms with E-state index in [-0.39, 0.29) is 6.08 Å². The van der Waals surface area contributed by atoms with Gasteiger partial charge in [0.25, 0.3) is 0 Å². The zero-order valence-electron chi connectivity index (χ0n) is 8.97. The maximum atomic E-state index is 5.35. The molecule has 2 rings (SSSR count). The minimum absolute atomic E-state index is 0.187. The van der Waals surface area contributed by atoms with Crippen LogP contribution in [0.3, 0.4) is 0 Å². The molecular formula is C11H11NO4. The van der Waals surface area contributed by atoms with Crippen molar-refractivity contribution < 1.29 is 18.6 Å². The molecule has 0 N–H and O–H groups in total. The van der Waals surface area contributed by atoms with Crippen molar-refractivity contribution in [2.75, 3.05) is 14.2 Å². The molecule has 0 aliphatic rings. The van der Waals surface area contributed by atoms with Gasteiger partial charge < -0.3 is 18.6 Å². The van der Waals surface area contributed by atoms with Crippen LogP contribution in [0.15, 0.2) is 35.1 Å². The second-order valence-electron chi connectivity index (χ2n) is 2.92. The summed E-state index contributed by atoms with van der Waals surface area (Å²) in [5.41, 5.74) is 0. The van der Waals surface area contributed by atoms with Crippen LogP contribution in [0.4, 0.5) is 0 Å². The normalized spacial score (nSPS) is 9.88. The Morgan fingerprint density at radius 1 is 1.12 bits per heavy atom. The number of aromatic nitrogens is 1. The summed E-state index contributed by atoms with van der Waals surface area (Å²) in [4.78, 5) is 3.85. The van der Waals surface area contributed by atoms with Gasteiger partial charge in [-0.05, 0) is 12.1 Å². The molecule has 0 spiro atoms. The van der Waals surface area contributed by atoms with E-state index in [2.05, 4.69) is 4.98 Å². The highest BCUT2D eigenvalue weighted by Crippen LogP contribution is 2.32. The molecule has 1 aromatic carbocycles. The van der Waals surface area contributed by atoms with Gasteiger partial charge in [0, 0.05) is 6.07 Å². The Hall–Kier alpha value is -2.17. The van der Waals surface area contributed by atoms with Gasteiger partial charge in [-0.25, -0.2) is 0 Å². The lowest BCUT2D eigenvalue weighted by Crippen LogP contribution is -1.91. The molecule has 5 heteroatoms. The molecule has 84 valence electrons. The standard InChI is InChI=1S/C11H11NO4/c1-13-9-4-3-8(7-10(9)14-2)16-11-12-5-6-15-11/h3-7H,1-2H3. The van der Waals surface area contributed by atoms with Gasteiger partial charge in [0.15, 0.2) is 11.5 Å². The van der Waals surface area contributed by atoms with Crippen LogP contribution >= 0.6 is 0 Å². The summed E-state index contributed by atoms with van der Waals surface area (Å²) in [6.07, 6.45) is 3.14. The van der Waals surface area contributed by atoms with Gasteiger partial charge in [-0.15, -0.1) is 0 Å². The van der Waals surface area contributed by atoms with E-state index in [1.54, 1.807) is 32.4 Å². The fourth-order valence-electron chi connectivity index (χ4n) is 1.24. The van der Waals surface area contributed by atoms with Crippen LogP contribution in [0.5, 0.6) is 23.3 Å². The molecule has 1 aromatic heterocycles. The maximum absolute atomic E-state index is 5.35. The van der Waals surface area contributed by atoms with E-state index in [9.17, 15) is 0 Å². The Bertz CT molecular complexity index is 453. The van der Waals surface area contributed by atoms with Gasteiger partial charge in [0.2, 0.25) is 0 Å². The molecule has 0 amide bonds. The molecule has 0 atom stereocenters. The lowest BCUT2D eigenvalue weighted by molar-refractivity contribution is 0.323. The molecule has 16 heavy (non-hydrogen) atoms. The molecule has 0 saturated carbocycles. The summed E-state index contributed by atoms with van der Waals surface area (Å²) >= 11 is 0. The third kappa shape index (κ3) is 2.08. The van der Waals surface area contributed by atoms with E-state index >= 15 is 0 Å². The lowest BCUT2D eigenvalue weighted by Gasteiger charge is -2.08. The molecule has 5 nitrogen and oxygen atoms in total. The number of hydrogen-bond donors (Lipinski definition) is 0. The van der Waals surface area contributed by atoms with Crippen LogP contribution in [-0.2, 0) is 0 Å². The fraction of sp³-hybridized carbons (Fsp3) is 0.182. The van der Waals surface area contributed by atoms with Crippen LogP contribution in [0.2, 0.25) is 0 Å². The molecule has 0 bridgehead atoms. The quantitative estimate of drug-likeness (QED) is 0.793. The van der Waals surface area contributed by atoms with Gasteiger partial charge >= 0.3 is 6.08 Å². The highest BCUT2D eigenvalue weighted by molar-refractivity contribution is 5.45. The maximum Gasteiger partial charge on any atom is 0.399 e. The van der Waals surface area contributed by atoms with E-state index in [4.69, 9.17) is 18.6 Å². The van der Waals surface area contributed by atoms with Gasteiger partial charge in [-0.3, -0.25) is 0 Å². The Morgan fingerprint density at radius 3 is 2.56 bits per heavy atom. The summed E-state index contributed by atoms with van der Waals surface area (Å²) in [6, 6.07) is 5.19. The summed E-state index contributed by atoms with van der Waals surface area (Å²) in [7, 11) is 3.14. The smallest absolute Gasteiger partial charge is 0.399 e. The van der Waals surface area contributed by atoms with Crippen LogP contribution in [0.1, 0.15) is 0 Å². The summed E-state index contributed by atoms with van der Waals surface area (Å²) < 4.78 is 20.6. The Morgan fingerprint density at radius 2 is 1.94 bits per heavy atom. The molecule has 0 saturated heterocycles. The number of hydrogen-bond acceptors (Lipinski definition) is 5. The number of benzene rings is 1. The van der Waals surface area contributed by atoms with Gasteiger partial charge in [-0.1, -0.05) is 0 Å². The Balaban J connectivity index is 2.22. The zero-order chi connectivity index (χ0) is 11.4. The average Bonchev–Trinajstić information content (AvgIpc) is 2.81. The second kappa shape index (κ2) is 4.57. The first-order valence-electron chi connectivity index (χ1n) is 4.63. The topological polar surface area (TPSA) is 53.7 Å². The van der Waals surface area contributed by atoms with Crippen LogP contribution < -0.4 is 14.2 Å². The number of methoxy groups -OCH3 is 2. The SMILES string of the molecule is COc1ccc(Oc2ncco2)cc1OC. The van der Waals surface area contributed by atoms with Crippen LogP contribution in [0, 0.1) is 0 Å². The lowest BCUT2D eigenvalue weighted by atomic mass is 10.3. The predicted molar refractivity (Wildman–Crippen MR) is 56.1 cm³/mol. The molecule has 1 heterocycles. The zero-order valence-corrected chi connectivity index (χ0v) is 8.97. The Labute approximate surface area is 92.6 Å². The summed E-state index contributed by atoms with van der Waals surface area (Å²) in [5.74, 6) is 1.80. The fourth-order valence-corrected chi connectivity index (χ4v) is 1.24. The highest BCUT2D eigenvalue weighted by atomic mass is 16.6. The minimum atomic E-state index is 0.187. The average molecular weight is 221 g/mol. The van der Waals surface area contributed by atoms with Crippen molar-refractivity contribution in [1.82, 2.24) is 4.98 Å². The van der Waals surface area contributed by atoms with Crippen molar-refractivity contribution in [3.05, 3.63) is 30.7 Å². The molecule has 0 radical (unpaired) electrons. The van der Waals surface area contributed by atoms with Crippen molar-refractivity contribution in [3.63, 3.8) is 0 Å². The molecular weight excluding hydrogens is 210 g/mol. The molecule has 0 aliphatic heterocycles. The highest BCUT2D eigenvalue weighted by Gasteiger charge is 2.07. The third-order valence-electron chi connectivity index (χ3n) is 1.97. The van der Waals surface area contributed by atoms with Crippen molar-refractivity contribution in [2.24, 2.45) is 0 Å². The molecule has 0 aliphatic carbocycles. The van der Waals surface area contributed by atoms with Gasteiger partial charge in [0.05, 0.1) is 20.4 Å². The molecule has 0 fully saturated rings. The van der Waals surface area contributed by atoms with Crippen LogP contribution in [0.25, 0.3) is 0 Å².